The predicted octanol–water partition coefficient (Wildman–Crippen LogP) is 6.07. The monoisotopic (exact) mass is 601 g/mol. The van der Waals surface area contributed by atoms with E-state index in [1.165, 1.54) is 6.33 Å². The van der Waals surface area contributed by atoms with Crippen LogP contribution in [0, 0.1) is 12.3 Å². The van der Waals surface area contributed by atoms with Crippen molar-refractivity contribution < 1.29 is 18.9 Å². The summed E-state index contributed by atoms with van der Waals surface area (Å²) >= 11 is 0. The van der Waals surface area contributed by atoms with E-state index in [0.29, 0.717) is 23.4 Å². The van der Waals surface area contributed by atoms with Gasteiger partial charge in [-0.25, -0.2) is 15.0 Å². The average molecular weight is 602 g/mol. The summed E-state index contributed by atoms with van der Waals surface area (Å²) in [5.41, 5.74) is 2.14. The number of benzene rings is 3. The molecule has 0 amide bonds. The number of hydrogen-bond donors (Lipinski definition) is 1. The number of anilines is 1. The van der Waals surface area contributed by atoms with E-state index in [1.54, 1.807) is 13.4 Å². The molecule has 1 N–H and O–H groups in total. The first-order chi connectivity index (χ1) is 21.8. The van der Waals surface area contributed by atoms with Gasteiger partial charge in [-0.3, -0.25) is 4.57 Å². The summed E-state index contributed by atoms with van der Waals surface area (Å²) in [4.78, 5) is 14.2. The first-order valence-electron chi connectivity index (χ1n) is 15.1. The SMILES string of the molecule is C#C[C@@]12OC(C)(C)O[C@@H]1[C@@H](CC)O[C@H]2n1cnc2c(NC(c3ccccc3)(c3ccccc3)c3ccc(OC)cc3)ncnc21. The zero-order chi connectivity index (χ0) is 31.2. The van der Waals surface area contributed by atoms with Gasteiger partial charge in [-0.05, 0) is 49.1 Å². The second kappa shape index (κ2) is 11.0. The Balaban J connectivity index is 1.40. The van der Waals surface area contributed by atoms with Gasteiger partial charge in [-0.1, -0.05) is 85.6 Å². The van der Waals surface area contributed by atoms with E-state index in [0.717, 1.165) is 22.4 Å². The van der Waals surface area contributed by atoms with Crippen molar-refractivity contribution in [1.29, 1.82) is 0 Å². The normalized spacial score (nSPS) is 23.8. The lowest BCUT2D eigenvalue weighted by molar-refractivity contribution is -0.207. The maximum absolute atomic E-state index is 6.53. The van der Waals surface area contributed by atoms with Crippen LogP contribution in [0.4, 0.5) is 5.82 Å². The highest BCUT2D eigenvalue weighted by Crippen LogP contribution is 2.52. The molecule has 45 heavy (non-hydrogen) atoms. The summed E-state index contributed by atoms with van der Waals surface area (Å²) in [6, 6.07) is 28.6. The molecule has 4 atom stereocenters. The van der Waals surface area contributed by atoms with Gasteiger partial charge < -0.3 is 24.3 Å². The predicted molar refractivity (Wildman–Crippen MR) is 171 cm³/mol. The number of ether oxygens (including phenoxy) is 4. The van der Waals surface area contributed by atoms with Gasteiger partial charge in [0.25, 0.3) is 0 Å². The number of nitrogens with one attached hydrogen (secondary N) is 1. The number of methoxy groups -OCH3 is 1. The number of rotatable bonds is 8. The van der Waals surface area contributed by atoms with Crippen LogP contribution in [0.25, 0.3) is 11.2 Å². The van der Waals surface area contributed by atoms with Gasteiger partial charge in [0.05, 0.1) is 19.5 Å². The molecule has 0 bridgehead atoms. The Bertz CT molecular complexity index is 1810. The number of imidazole rings is 1. The zero-order valence-electron chi connectivity index (χ0n) is 25.7. The summed E-state index contributed by atoms with van der Waals surface area (Å²) in [5, 5.41) is 3.82. The fourth-order valence-corrected chi connectivity index (χ4v) is 6.75. The Morgan fingerprint density at radius 3 is 2.18 bits per heavy atom. The fraction of sp³-hybridized carbons (Fsp3) is 0.306. The van der Waals surface area contributed by atoms with Crippen LogP contribution in [0.3, 0.4) is 0 Å². The molecule has 0 saturated carbocycles. The maximum atomic E-state index is 6.53. The molecular weight excluding hydrogens is 566 g/mol. The lowest BCUT2D eigenvalue weighted by atomic mass is 9.77. The van der Waals surface area contributed by atoms with Crippen molar-refractivity contribution in [2.24, 2.45) is 0 Å². The molecule has 0 aliphatic carbocycles. The van der Waals surface area contributed by atoms with Crippen molar-refractivity contribution in [2.75, 3.05) is 12.4 Å². The van der Waals surface area contributed by atoms with Crippen LogP contribution in [0.15, 0.2) is 97.6 Å². The van der Waals surface area contributed by atoms with Gasteiger partial charge in [-0.2, -0.15) is 0 Å². The number of nitrogens with zero attached hydrogens (tertiary/aromatic N) is 4. The van der Waals surface area contributed by atoms with Crippen molar-refractivity contribution in [3.8, 4) is 18.1 Å². The lowest BCUT2D eigenvalue weighted by Crippen LogP contribution is -2.43. The lowest BCUT2D eigenvalue weighted by Gasteiger charge is -2.37. The summed E-state index contributed by atoms with van der Waals surface area (Å²) < 4.78 is 26.6. The van der Waals surface area contributed by atoms with E-state index in [4.69, 9.17) is 35.3 Å². The molecule has 0 spiro atoms. The van der Waals surface area contributed by atoms with Crippen LogP contribution < -0.4 is 10.1 Å². The Morgan fingerprint density at radius 1 is 0.933 bits per heavy atom. The van der Waals surface area contributed by atoms with E-state index in [9.17, 15) is 0 Å². The molecule has 9 nitrogen and oxygen atoms in total. The standard InChI is InChI=1S/C36H35N5O4/c1-6-28-30-35(7-2,45-34(3,4)44-30)33(43-28)41-23-39-29-31(37-22-38-32(29)41)40-36(24-14-10-8-11-15-24,25-16-12-9-13-17-25)26-18-20-27(42-5)21-19-26/h2,8-23,28,30,33H,6H2,1,3-5H3,(H,37,38,40)/t28-,30-,33-,35-/m1/s1. The third-order valence-corrected chi connectivity index (χ3v) is 8.74. The minimum Gasteiger partial charge on any atom is -0.497 e. The molecule has 0 unspecified atom stereocenters. The zero-order valence-corrected chi connectivity index (χ0v) is 25.7. The first-order valence-corrected chi connectivity index (χ1v) is 15.1. The maximum Gasteiger partial charge on any atom is 0.205 e. The smallest absolute Gasteiger partial charge is 0.205 e. The summed E-state index contributed by atoms with van der Waals surface area (Å²) in [5.74, 6) is 3.34. The van der Waals surface area contributed by atoms with E-state index < -0.39 is 29.3 Å². The second-order valence-electron chi connectivity index (χ2n) is 11.8. The Labute approximate surface area is 262 Å². The number of fused-ring (bicyclic) bond motifs is 2. The van der Waals surface area contributed by atoms with E-state index in [1.807, 2.05) is 73.9 Å². The van der Waals surface area contributed by atoms with Crippen molar-refractivity contribution in [2.45, 2.75) is 62.6 Å². The summed E-state index contributed by atoms with van der Waals surface area (Å²) in [6.07, 6.45) is 8.71. The molecule has 228 valence electrons. The van der Waals surface area contributed by atoms with Crippen LogP contribution in [0.1, 0.15) is 50.1 Å². The molecule has 2 fully saturated rings. The van der Waals surface area contributed by atoms with Gasteiger partial charge in [0.2, 0.25) is 5.60 Å². The topological polar surface area (TPSA) is 92.6 Å². The van der Waals surface area contributed by atoms with Crippen LogP contribution in [0.2, 0.25) is 0 Å². The Hall–Kier alpha value is -4.75. The number of terminal acetylenes is 1. The van der Waals surface area contributed by atoms with Gasteiger partial charge in [0.15, 0.2) is 29.0 Å². The van der Waals surface area contributed by atoms with Crippen LogP contribution in [-0.2, 0) is 19.7 Å². The molecule has 0 radical (unpaired) electrons. The Kier molecular flexibility index (Phi) is 7.09. The molecule has 2 aliphatic rings. The van der Waals surface area contributed by atoms with Crippen LogP contribution in [-0.4, -0.2) is 50.2 Å². The van der Waals surface area contributed by atoms with Crippen LogP contribution in [0.5, 0.6) is 5.75 Å². The highest BCUT2D eigenvalue weighted by atomic mass is 16.8. The number of aromatic nitrogens is 4. The largest absolute Gasteiger partial charge is 0.497 e. The third-order valence-electron chi connectivity index (χ3n) is 8.74. The average Bonchev–Trinajstić information content (AvgIpc) is 3.72. The molecule has 3 aromatic carbocycles. The minimum atomic E-state index is -1.16. The van der Waals surface area contributed by atoms with Gasteiger partial charge in [0, 0.05) is 0 Å². The van der Waals surface area contributed by atoms with Gasteiger partial charge in [0.1, 0.15) is 23.7 Å². The molecule has 4 heterocycles. The fourth-order valence-electron chi connectivity index (χ4n) is 6.75. The number of hydrogen-bond acceptors (Lipinski definition) is 8. The minimum absolute atomic E-state index is 0.261. The second-order valence-corrected chi connectivity index (χ2v) is 11.8. The molecule has 2 aromatic heterocycles. The van der Waals surface area contributed by atoms with E-state index >= 15 is 0 Å². The molecule has 7 rings (SSSR count). The van der Waals surface area contributed by atoms with E-state index in [2.05, 4.69) is 52.6 Å². The highest BCUT2D eigenvalue weighted by molar-refractivity contribution is 5.84. The van der Waals surface area contributed by atoms with E-state index in [-0.39, 0.29) is 6.10 Å². The molecule has 2 saturated heterocycles. The van der Waals surface area contributed by atoms with Crippen molar-refractivity contribution in [1.82, 2.24) is 19.5 Å². The van der Waals surface area contributed by atoms with Crippen molar-refractivity contribution >= 4 is 17.0 Å². The first kappa shape index (κ1) is 29.0. The summed E-state index contributed by atoms with van der Waals surface area (Å²) in [7, 11) is 1.66. The highest BCUT2D eigenvalue weighted by Gasteiger charge is 2.66. The quantitative estimate of drug-likeness (QED) is 0.169. The Morgan fingerprint density at radius 2 is 1.58 bits per heavy atom. The van der Waals surface area contributed by atoms with Gasteiger partial charge in [-0.15, -0.1) is 6.42 Å². The van der Waals surface area contributed by atoms with Crippen molar-refractivity contribution in [3.05, 3.63) is 114 Å². The molecular formula is C36H35N5O4. The third kappa shape index (κ3) is 4.56. The van der Waals surface area contributed by atoms with Crippen molar-refractivity contribution in [3.63, 3.8) is 0 Å². The molecule has 5 aromatic rings. The summed E-state index contributed by atoms with van der Waals surface area (Å²) in [6.45, 7) is 5.79. The van der Waals surface area contributed by atoms with Gasteiger partial charge >= 0.3 is 0 Å². The molecule has 9 heteroatoms. The molecule has 2 aliphatic heterocycles. The van der Waals surface area contributed by atoms with Crippen LogP contribution >= 0.6 is 0 Å².